The molecule has 182 valence electrons. The third-order valence-electron chi connectivity index (χ3n) is 6.27. The molecule has 1 aliphatic rings. The predicted molar refractivity (Wildman–Crippen MR) is 134 cm³/mol. The zero-order valence-corrected chi connectivity index (χ0v) is 20.2. The molecule has 3 aromatic rings. The first-order valence-corrected chi connectivity index (χ1v) is 11.5. The van der Waals surface area contributed by atoms with Gasteiger partial charge in [-0.25, -0.2) is 0 Å². The summed E-state index contributed by atoms with van der Waals surface area (Å²) in [5.74, 6) is 1.31. The van der Waals surface area contributed by atoms with Crippen molar-refractivity contribution < 1.29 is 19.1 Å². The van der Waals surface area contributed by atoms with Gasteiger partial charge in [0.25, 0.3) is 5.91 Å². The molecule has 0 aliphatic carbocycles. The molecule has 4 rings (SSSR count). The molecule has 2 amide bonds. The summed E-state index contributed by atoms with van der Waals surface area (Å²) in [6.07, 6.45) is 3.49. The lowest BCUT2D eigenvalue weighted by Gasteiger charge is -2.41. The molecule has 1 N–H and O–H groups in total. The van der Waals surface area contributed by atoms with Gasteiger partial charge >= 0.3 is 0 Å². The second kappa shape index (κ2) is 10.9. The van der Waals surface area contributed by atoms with Crippen LogP contribution in [0.3, 0.4) is 0 Å². The number of nitrogens with one attached hydrogen (secondary N) is 1. The summed E-state index contributed by atoms with van der Waals surface area (Å²) in [5.41, 5.74) is 3.31. The van der Waals surface area contributed by atoms with Crippen LogP contribution < -0.4 is 14.8 Å². The van der Waals surface area contributed by atoms with Crippen molar-refractivity contribution in [1.82, 2.24) is 14.8 Å². The van der Waals surface area contributed by atoms with Crippen molar-refractivity contribution in [2.75, 3.05) is 39.2 Å². The van der Waals surface area contributed by atoms with Crippen molar-refractivity contribution in [3.8, 4) is 11.5 Å². The average Bonchev–Trinajstić information content (AvgIpc) is 2.91. The highest BCUT2D eigenvalue weighted by Crippen LogP contribution is 2.31. The lowest BCUT2D eigenvalue weighted by molar-refractivity contribution is -0.131. The van der Waals surface area contributed by atoms with Gasteiger partial charge in [-0.05, 0) is 53.6 Å². The van der Waals surface area contributed by atoms with Crippen molar-refractivity contribution in [1.29, 1.82) is 0 Å². The number of benzene rings is 2. The van der Waals surface area contributed by atoms with E-state index in [1.165, 1.54) is 0 Å². The fraction of sp³-hybridized carbons (Fsp3) is 0.296. The van der Waals surface area contributed by atoms with E-state index in [4.69, 9.17) is 9.47 Å². The first kappa shape index (κ1) is 24.1. The molecule has 1 atom stereocenters. The number of rotatable bonds is 7. The number of carbonyl (C=O) groups is 2. The number of piperazine rings is 1. The van der Waals surface area contributed by atoms with Gasteiger partial charge in [-0.3, -0.25) is 14.6 Å². The van der Waals surface area contributed by atoms with Crippen LogP contribution in [-0.4, -0.2) is 60.5 Å². The summed E-state index contributed by atoms with van der Waals surface area (Å²) in [6.45, 7) is 3.52. The normalized spacial score (nSPS) is 15.5. The molecule has 1 aromatic heterocycles. The fourth-order valence-electron chi connectivity index (χ4n) is 4.27. The Morgan fingerprint density at radius 3 is 2.40 bits per heavy atom. The number of amides is 2. The molecular weight excluding hydrogens is 444 g/mol. The van der Waals surface area contributed by atoms with E-state index in [1.54, 1.807) is 50.6 Å². The number of anilines is 1. The lowest BCUT2D eigenvalue weighted by atomic mass is 10.0. The van der Waals surface area contributed by atoms with Crippen LogP contribution in [0.2, 0.25) is 0 Å². The van der Waals surface area contributed by atoms with Crippen LogP contribution in [0.5, 0.6) is 11.5 Å². The largest absolute Gasteiger partial charge is 0.497 e. The van der Waals surface area contributed by atoms with Gasteiger partial charge in [-0.1, -0.05) is 12.1 Å². The highest BCUT2D eigenvalue weighted by molar-refractivity contribution is 5.96. The number of nitrogens with zero attached hydrogens (tertiary/aromatic N) is 3. The van der Waals surface area contributed by atoms with Crippen molar-refractivity contribution in [2.24, 2.45) is 0 Å². The number of aromatic nitrogens is 1. The van der Waals surface area contributed by atoms with Gasteiger partial charge in [0.05, 0.1) is 25.9 Å². The van der Waals surface area contributed by atoms with E-state index in [-0.39, 0.29) is 17.9 Å². The molecule has 0 bridgehead atoms. The van der Waals surface area contributed by atoms with Gasteiger partial charge in [-0.15, -0.1) is 0 Å². The molecule has 1 aliphatic heterocycles. The minimum atomic E-state index is -0.263. The predicted octanol–water partition coefficient (Wildman–Crippen LogP) is 3.76. The number of carbonyl (C=O) groups excluding carboxylic acids is 2. The Bertz CT molecular complexity index is 1170. The maximum Gasteiger partial charge on any atom is 0.254 e. The summed E-state index contributed by atoms with van der Waals surface area (Å²) in [7, 11) is 3.22. The van der Waals surface area contributed by atoms with E-state index in [2.05, 4.69) is 10.3 Å². The molecule has 1 saturated heterocycles. The maximum absolute atomic E-state index is 13.7. The quantitative estimate of drug-likeness (QED) is 0.562. The number of ether oxygens (including phenoxy) is 2. The monoisotopic (exact) mass is 474 g/mol. The zero-order chi connectivity index (χ0) is 24.8. The van der Waals surface area contributed by atoms with Crippen molar-refractivity contribution in [3.05, 3.63) is 83.7 Å². The molecule has 0 saturated carbocycles. The van der Waals surface area contributed by atoms with E-state index in [1.807, 2.05) is 47.4 Å². The van der Waals surface area contributed by atoms with Gasteiger partial charge in [0.2, 0.25) is 5.91 Å². The molecule has 8 heteroatoms. The Kier molecular flexibility index (Phi) is 7.50. The third kappa shape index (κ3) is 5.54. The van der Waals surface area contributed by atoms with Crippen LogP contribution in [0.15, 0.2) is 67.0 Å². The molecule has 1 unspecified atom stereocenters. The second-order valence-corrected chi connectivity index (χ2v) is 8.38. The fourth-order valence-corrected chi connectivity index (χ4v) is 4.27. The van der Waals surface area contributed by atoms with Crippen LogP contribution in [0.1, 0.15) is 34.5 Å². The number of hydrogen-bond acceptors (Lipinski definition) is 6. The Balaban J connectivity index is 1.60. The Labute approximate surface area is 205 Å². The zero-order valence-electron chi connectivity index (χ0n) is 20.2. The summed E-state index contributed by atoms with van der Waals surface area (Å²) in [6, 6.07) is 16.7. The summed E-state index contributed by atoms with van der Waals surface area (Å²) in [4.78, 5) is 33.5. The molecular formula is C27H30N4O4. The van der Waals surface area contributed by atoms with E-state index in [9.17, 15) is 9.59 Å². The van der Waals surface area contributed by atoms with Gasteiger partial charge in [0.15, 0.2) is 0 Å². The number of hydrogen-bond donors (Lipinski definition) is 1. The van der Waals surface area contributed by atoms with E-state index in [0.717, 1.165) is 22.6 Å². The molecule has 0 spiro atoms. The number of methoxy groups -OCH3 is 2. The van der Waals surface area contributed by atoms with E-state index in [0.29, 0.717) is 37.5 Å². The Morgan fingerprint density at radius 2 is 1.74 bits per heavy atom. The summed E-state index contributed by atoms with van der Waals surface area (Å²) in [5, 5.41) is 3.37. The lowest BCUT2D eigenvalue weighted by Crippen LogP contribution is -2.51. The van der Waals surface area contributed by atoms with Gasteiger partial charge in [-0.2, -0.15) is 0 Å². The average molecular weight is 475 g/mol. The Morgan fingerprint density at radius 1 is 1.00 bits per heavy atom. The highest BCUT2D eigenvalue weighted by Gasteiger charge is 2.33. The van der Waals surface area contributed by atoms with Crippen molar-refractivity contribution in [3.63, 3.8) is 0 Å². The van der Waals surface area contributed by atoms with Gasteiger partial charge in [0.1, 0.15) is 11.5 Å². The molecule has 2 heterocycles. The molecule has 35 heavy (non-hydrogen) atoms. The second-order valence-electron chi connectivity index (χ2n) is 8.38. The smallest absolute Gasteiger partial charge is 0.254 e. The molecule has 8 nitrogen and oxygen atoms in total. The summed E-state index contributed by atoms with van der Waals surface area (Å²) >= 11 is 0. The highest BCUT2D eigenvalue weighted by atomic mass is 16.5. The van der Waals surface area contributed by atoms with Gasteiger partial charge in [0, 0.05) is 51.1 Å². The van der Waals surface area contributed by atoms with Crippen LogP contribution in [0.25, 0.3) is 0 Å². The van der Waals surface area contributed by atoms with Gasteiger partial charge < -0.3 is 24.6 Å². The first-order chi connectivity index (χ1) is 17.0. The SMILES string of the molecule is COc1ccc(C2CN(C(C)=O)CCN2C(=O)c2ccc(OC)c(NCc3ccncc3)c2)cc1. The maximum atomic E-state index is 13.7. The number of pyridine rings is 1. The van der Waals surface area contributed by atoms with Crippen molar-refractivity contribution in [2.45, 2.75) is 19.5 Å². The molecule has 0 radical (unpaired) electrons. The van der Waals surface area contributed by atoms with Crippen LogP contribution in [0.4, 0.5) is 5.69 Å². The molecule has 2 aromatic carbocycles. The molecule has 1 fully saturated rings. The van der Waals surface area contributed by atoms with Crippen LogP contribution in [0, 0.1) is 0 Å². The Hall–Kier alpha value is -4.07. The van der Waals surface area contributed by atoms with E-state index < -0.39 is 0 Å². The minimum absolute atomic E-state index is 0.00246. The summed E-state index contributed by atoms with van der Waals surface area (Å²) < 4.78 is 10.8. The van der Waals surface area contributed by atoms with Crippen LogP contribution >= 0.6 is 0 Å². The van der Waals surface area contributed by atoms with Crippen molar-refractivity contribution >= 4 is 17.5 Å². The third-order valence-corrected chi connectivity index (χ3v) is 6.27. The first-order valence-electron chi connectivity index (χ1n) is 11.5. The topological polar surface area (TPSA) is 84.0 Å². The minimum Gasteiger partial charge on any atom is -0.497 e. The van der Waals surface area contributed by atoms with E-state index >= 15 is 0 Å². The standard InChI is InChI=1S/C27H30N4O4/c1-19(32)30-14-15-31(25(18-30)21-4-7-23(34-2)8-5-21)27(33)22-6-9-26(35-3)24(16-22)29-17-20-10-12-28-13-11-20/h4-13,16,25,29H,14-15,17-18H2,1-3H3. The van der Waals surface area contributed by atoms with Crippen LogP contribution in [-0.2, 0) is 11.3 Å².